The van der Waals surface area contributed by atoms with Crippen LogP contribution in [0.2, 0.25) is 0 Å². The predicted octanol–water partition coefficient (Wildman–Crippen LogP) is 1.79. The van der Waals surface area contributed by atoms with Gasteiger partial charge in [0.1, 0.15) is 0 Å². The molecule has 0 aliphatic carbocycles. The number of nitrogens with zero attached hydrogens (tertiary/aromatic N) is 4. The van der Waals surface area contributed by atoms with Crippen molar-refractivity contribution in [2.45, 2.75) is 25.8 Å². The molecule has 0 spiro atoms. The molecule has 0 unspecified atom stereocenters. The lowest BCUT2D eigenvalue weighted by Crippen LogP contribution is -2.33. The summed E-state index contributed by atoms with van der Waals surface area (Å²) in [5, 5.41) is 2.90. The molecule has 27 heavy (non-hydrogen) atoms. The van der Waals surface area contributed by atoms with Gasteiger partial charge in [0.2, 0.25) is 0 Å². The van der Waals surface area contributed by atoms with Crippen molar-refractivity contribution < 1.29 is 9.59 Å². The van der Waals surface area contributed by atoms with Crippen LogP contribution in [0.25, 0.3) is 0 Å². The zero-order valence-electron chi connectivity index (χ0n) is 16.2. The van der Waals surface area contributed by atoms with Gasteiger partial charge in [0.05, 0.1) is 5.69 Å². The average Bonchev–Trinajstić information content (AvgIpc) is 3.07. The fourth-order valence-corrected chi connectivity index (χ4v) is 3.29. The van der Waals surface area contributed by atoms with Gasteiger partial charge in [-0.25, -0.2) is 4.98 Å². The number of hydrogen-bond donors (Lipinski definition) is 1. The molecule has 1 aromatic heterocycles. The highest BCUT2D eigenvalue weighted by Crippen LogP contribution is 2.23. The van der Waals surface area contributed by atoms with Crippen molar-refractivity contribution in [2.75, 3.05) is 39.1 Å². The number of anilines is 1. The van der Waals surface area contributed by atoms with Crippen LogP contribution in [0, 0.1) is 0 Å². The second-order valence-electron chi connectivity index (χ2n) is 7.10. The number of fused-ring (bicyclic) bond motifs is 1. The molecule has 3 rings (SSSR count). The third-order valence-electron chi connectivity index (χ3n) is 4.82. The minimum Gasteiger partial charge on any atom is -0.348 e. The van der Waals surface area contributed by atoms with E-state index in [0.29, 0.717) is 18.1 Å². The van der Waals surface area contributed by atoms with Crippen molar-refractivity contribution >= 4 is 17.5 Å². The summed E-state index contributed by atoms with van der Waals surface area (Å²) in [5.74, 6) is -0.0612. The molecule has 1 aliphatic heterocycles. The highest BCUT2D eigenvalue weighted by molar-refractivity contribution is 6.06. The van der Waals surface area contributed by atoms with E-state index in [1.165, 1.54) is 0 Å². The monoisotopic (exact) mass is 369 g/mol. The molecule has 1 N–H and O–H groups in total. The summed E-state index contributed by atoms with van der Waals surface area (Å²) in [6.07, 6.45) is 2.76. The van der Waals surface area contributed by atoms with Crippen molar-refractivity contribution in [1.29, 1.82) is 0 Å². The Hall–Kier alpha value is -2.67. The van der Waals surface area contributed by atoms with Gasteiger partial charge < -0.3 is 19.7 Å². The molecule has 1 aliphatic rings. The SMILES string of the molecule is CN(C)CCNC(=O)c1nc(C(=O)N(C)c2ccccc2)c2n1CCCC2. The van der Waals surface area contributed by atoms with E-state index in [4.69, 9.17) is 0 Å². The molecular weight excluding hydrogens is 342 g/mol. The maximum Gasteiger partial charge on any atom is 0.287 e. The van der Waals surface area contributed by atoms with Crippen molar-refractivity contribution in [3.63, 3.8) is 0 Å². The average molecular weight is 369 g/mol. The third-order valence-corrected chi connectivity index (χ3v) is 4.82. The van der Waals surface area contributed by atoms with Gasteiger partial charge in [0.15, 0.2) is 11.5 Å². The number of rotatable bonds is 6. The number of nitrogens with one attached hydrogen (secondary N) is 1. The molecule has 7 nitrogen and oxygen atoms in total. The Balaban J connectivity index is 1.86. The van der Waals surface area contributed by atoms with Gasteiger partial charge in [0, 0.05) is 32.4 Å². The second kappa shape index (κ2) is 8.35. The van der Waals surface area contributed by atoms with Crippen LogP contribution < -0.4 is 10.2 Å². The van der Waals surface area contributed by atoms with Crippen LogP contribution in [0.4, 0.5) is 5.69 Å². The fourth-order valence-electron chi connectivity index (χ4n) is 3.29. The molecule has 0 atom stereocenters. The van der Waals surface area contributed by atoms with E-state index in [0.717, 1.165) is 43.7 Å². The molecule has 0 radical (unpaired) electrons. The van der Waals surface area contributed by atoms with Crippen molar-refractivity contribution in [1.82, 2.24) is 19.8 Å². The van der Waals surface area contributed by atoms with Crippen LogP contribution >= 0.6 is 0 Å². The molecule has 1 aromatic carbocycles. The number of hydrogen-bond acceptors (Lipinski definition) is 4. The molecule has 2 heterocycles. The summed E-state index contributed by atoms with van der Waals surface area (Å²) in [6, 6.07) is 9.47. The van der Waals surface area contributed by atoms with E-state index in [1.807, 2.05) is 53.9 Å². The molecule has 7 heteroatoms. The van der Waals surface area contributed by atoms with Crippen LogP contribution in [0.15, 0.2) is 30.3 Å². The first-order chi connectivity index (χ1) is 13.0. The molecule has 0 saturated heterocycles. The number of aromatic nitrogens is 2. The van der Waals surface area contributed by atoms with Crippen LogP contribution in [-0.4, -0.2) is 60.5 Å². The maximum atomic E-state index is 13.1. The predicted molar refractivity (Wildman–Crippen MR) is 105 cm³/mol. The minimum atomic E-state index is -0.221. The Bertz CT molecular complexity index is 813. The van der Waals surface area contributed by atoms with E-state index in [1.54, 1.807) is 11.9 Å². The lowest BCUT2D eigenvalue weighted by atomic mass is 10.1. The molecule has 2 aromatic rings. The maximum absolute atomic E-state index is 13.1. The normalized spacial score (nSPS) is 13.3. The smallest absolute Gasteiger partial charge is 0.287 e. The van der Waals surface area contributed by atoms with E-state index in [9.17, 15) is 9.59 Å². The summed E-state index contributed by atoms with van der Waals surface area (Å²) in [5.41, 5.74) is 2.06. The van der Waals surface area contributed by atoms with Crippen LogP contribution in [-0.2, 0) is 13.0 Å². The zero-order chi connectivity index (χ0) is 19.4. The van der Waals surface area contributed by atoms with Gasteiger partial charge in [-0.3, -0.25) is 9.59 Å². The Labute approximate surface area is 160 Å². The lowest BCUT2D eigenvalue weighted by Gasteiger charge is -2.19. The van der Waals surface area contributed by atoms with E-state index < -0.39 is 0 Å². The van der Waals surface area contributed by atoms with E-state index in [-0.39, 0.29) is 11.8 Å². The Morgan fingerprint density at radius 2 is 1.89 bits per heavy atom. The molecule has 0 fully saturated rings. The first-order valence-corrected chi connectivity index (χ1v) is 9.34. The largest absolute Gasteiger partial charge is 0.348 e. The highest BCUT2D eigenvalue weighted by atomic mass is 16.2. The number of benzene rings is 1. The Kier molecular flexibility index (Phi) is 5.91. The lowest BCUT2D eigenvalue weighted by molar-refractivity contribution is 0.0935. The minimum absolute atomic E-state index is 0.181. The summed E-state index contributed by atoms with van der Waals surface area (Å²) >= 11 is 0. The second-order valence-corrected chi connectivity index (χ2v) is 7.10. The van der Waals surface area contributed by atoms with Gasteiger partial charge in [-0.05, 0) is 45.5 Å². The van der Waals surface area contributed by atoms with Crippen molar-refractivity contribution in [3.05, 3.63) is 47.5 Å². The first kappa shape index (κ1) is 19.1. The number of para-hydroxylation sites is 1. The third kappa shape index (κ3) is 4.19. The van der Waals surface area contributed by atoms with Gasteiger partial charge >= 0.3 is 0 Å². The number of imidazole rings is 1. The quantitative estimate of drug-likeness (QED) is 0.843. The number of amides is 2. The number of carbonyl (C=O) groups is 2. The van der Waals surface area contributed by atoms with Crippen LogP contribution in [0.5, 0.6) is 0 Å². The molecule has 144 valence electrons. The summed E-state index contributed by atoms with van der Waals surface area (Å²) in [6.45, 7) is 2.02. The highest BCUT2D eigenvalue weighted by Gasteiger charge is 2.29. The molecule has 2 amide bonds. The van der Waals surface area contributed by atoms with Gasteiger partial charge in [-0.15, -0.1) is 0 Å². The summed E-state index contributed by atoms with van der Waals surface area (Å²) in [4.78, 5) is 33.8. The number of carbonyl (C=O) groups excluding carboxylic acids is 2. The zero-order valence-corrected chi connectivity index (χ0v) is 16.2. The van der Waals surface area contributed by atoms with Crippen molar-refractivity contribution in [3.8, 4) is 0 Å². The molecule has 0 bridgehead atoms. The Morgan fingerprint density at radius 1 is 1.15 bits per heavy atom. The number of likely N-dealkylation sites (N-methyl/N-ethyl adjacent to an activating group) is 1. The van der Waals surface area contributed by atoms with Crippen LogP contribution in [0.1, 0.15) is 39.6 Å². The van der Waals surface area contributed by atoms with Crippen LogP contribution in [0.3, 0.4) is 0 Å². The van der Waals surface area contributed by atoms with Gasteiger partial charge in [-0.1, -0.05) is 18.2 Å². The van der Waals surface area contributed by atoms with E-state index >= 15 is 0 Å². The summed E-state index contributed by atoms with van der Waals surface area (Å²) < 4.78 is 1.92. The topological polar surface area (TPSA) is 70.5 Å². The van der Waals surface area contributed by atoms with E-state index in [2.05, 4.69) is 10.3 Å². The standard InChI is InChI=1S/C20H27N5O2/c1-23(2)14-12-21-19(26)18-22-17(16-11-7-8-13-25(16)18)20(27)24(3)15-9-5-4-6-10-15/h4-6,9-10H,7-8,11-14H2,1-3H3,(H,21,26). The van der Waals surface area contributed by atoms with Crippen molar-refractivity contribution in [2.24, 2.45) is 0 Å². The molecular formula is C20H27N5O2. The van der Waals surface area contributed by atoms with Gasteiger partial charge in [0.25, 0.3) is 11.8 Å². The first-order valence-electron chi connectivity index (χ1n) is 9.34. The Morgan fingerprint density at radius 3 is 2.59 bits per heavy atom. The summed E-state index contributed by atoms with van der Waals surface area (Å²) in [7, 11) is 5.66. The fraction of sp³-hybridized carbons (Fsp3) is 0.450. The molecule has 0 saturated carbocycles. The van der Waals surface area contributed by atoms with Gasteiger partial charge in [-0.2, -0.15) is 0 Å².